The Morgan fingerprint density at radius 1 is 1.50 bits per heavy atom. The van der Waals surface area contributed by atoms with Crippen molar-refractivity contribution in [2.45, 2.75) is 31.4 Å². The topological polar surface area (TPSA) is 84.2 Å². The summed E-state index contributed by atoms with van der Waals surface area (Å²) in [5, 5.41) is 13.0. The van der Waals surface area contributed by atoms with Crippen molar-refractivity contribution in [3.8, 4) is 11.8 Å². The van der Waals surface area contributed by atoms with Gasteiger partial charge in [0, 0.05) is 29.1 Å². The minimum Gasteiger partial charge on any atom is -0.480 e. The highest BCUT2D eigenvalue weighted by Gasteiger charge is 2.40. The number of carbonyl (C=O) groups excluding carboxylic acids is 1. The van der Waals surface area contributed by atoms with E-state index in [0.717, 1.165) is 28.2 Å². The second-order valence-electron chi connectivity index (χ2n) is 6.75. The Balaban J connectivity index is 1.78. The van der Waals surface area contributed by atoms with Crippen molar-refractivity contribution >= 4 is 32.7 Å². The lowest BCUT2D eigenvalue weighted by molar-refractivity contribution is -0.130. The maximum absolute atomic E-state index is 12.7. The van der Waals surface area contributed by atoms with E-state index in [1.165, 1.54) is 7.11 Å². The van der Waals surface area contributed by atoms with E-state index in [4.69, 9.17) is 9.47 Å². The number of benzene rings is 1. The molecule has 1 amide bonds. The van der Waals surface area contributed by atoms with Crippen molar-refractivity contribution in [1.82, 2.24) is 10.3 Å². The summed E-state index contributed by atoms with van der Waals surface area (Å²) in [6.07, 6.45) is 2.98. The Labute approximate surface area is 160 Å². The van der Waals surface area contributed by atoms with Gasteiger partial charge in [-0.15, -0.1) is 0 Å². The number of hydrogen-bond acceptors (Lipinski definition) is 5. The normalized spacial score (nSPS) is 17.2. The molecule has 2 atom stereocenters. The summed E-state index contributed by atoms with van der Waals surface area (Å²) in [5.74, 6) is 0.479. The molecule has 1 heterocycles. The van der Waals surface area contributed by atoms with Gasteiger partial charge in [0.25, 0.3) is 5.91 Å². The third kappa shape index (κ3) is 4.32. The summed E-state index contributed by atoms with van der Waals surface area (Å²) in [7, 11) is 1.50. The summed E-state index contributed by atoms with van der Waals surface area (Å²) in [5.41, 5.74) is -0.231. The van der Waals surface area contributed by atoms with Crippen molar-refractivity contribution in [2.24, 2.45) is 5.92 Å². The highest BCUT2D eigenvalue weighted by molar-refractivity contribution is 9.10. The number of pyridine rings is 1. The lowest BCUT2D eigenvalue weighted by Gasteiger charge is -2.26. The largest absolute Gasteiger partial charge is 0.480 e. The maximum Gasteiger partial charge on any atom is 0.262 e. The second kappa shape index (κ2) is 7.60. The van der Waals surface area contributed by atoms with Crippen LogP contribution in [0.2, 0.25) is 0 Å². The molecule has 1 aliphatic rings. The van der Waals surface area contributed by atoms with E-state index in [1.54, 1.807) is 13.1 Å². The van der Waals surface area contributed by atoms with Crippen LogP contribution in [0, 0.1) is 17.2 Å². The zero-order valence-corrected chi connectivity index (χ0v) is 16.2. The van der Waals surface area contributed by atoms with Crippen LogP contribution in [0.5, 0.6) is 5.75 Å². The van der Waals surface area contributed by atoms with Crippen LogP contribution in [-0.2, 0) is 9.53 Å². The number of hydrogen-bond donors (Lipinski definition) is 1. The molecule has 7 heteroatoms. The third-order valence-corrected chi connectivity index (χ3v) is 4.70. The summed E-state index contributed by atoms with van der Waals surface area (Å²) in [4.78, 5) is 17.1. The predicted octanol–water partition coefficient (Wildman–Crippen LogP) is 3.20. The SMILES string of the molecule is COCC(C)(C#N)NC(=O)C(Oc1ccc2ncc(Br)cc2c1)C1CC1. The molecule has 1 fully saturated rings. The second-order valence-corrected chi connectivity index (χ2v) is 7.67. The van der Waals surface area contributed by atoms with Gasteiger partial charge in [0.05, 0.1) is 18.2 Å². The first kappa shape index (κ1) is 18.6. The molecule has 0 aliphatic heterocycles. The first-order chi connectivity index (χ1) is 12.4. The van der Waals surface area contributed by atoms with E-state index in [-0.39, 0.29) is 18.4 Å². The number of nitriles is 1. The zero-order valence-electron chi connectivity index (χ0n) is 14.7. The van der Waals surface area contributed by atoms with Gasteiger partial charge in [0.1, 0.15) is 11.3 Å². The van der Waals surface area contributed by atoms with Crippen LogP contribution in [0.1, 0.15) is 19.8 Å². The van der Waals surface area contributed by atoms with E-state index < -0.39 is 11.6 Å². The Kier molecular flexibility index (Phi) is 5.44. The van der Waals surface area contributed by atoms with Crippen molar-refractivity contribution in [3.05, 3.63) is 34.9 Å². The van der Waals surface area contributed by atoms with Gasteiger partial charge in [-0.3, -0.25) is 9.78 Å². The fourth-order valence-corrected chi connectivity index (χ4v) is 3.14. The molecule has 136 valence electrons. The van der Waals surface area contributed by atoms with Crippen LogP contribution in [-0.4, -0.2) is 36.3 Å². The average molecular weight is 418 g/mol. The van der Waals surface area contributed by atoms with Gasteiger partial charge in [0.2, 0.25) is 0 Å². The Morgan fingerprint density at radius 3 is 2.92 bits per heavy atom. The van der Waals surface area contributed by atoms with E-state index in [9.17, 15) is 10.1 Å². The standard InChI is InChI=1S/C19H20BrN3O3/c1-19(10-21,11-25-2)23-18(24)17(12-3-4-12)26-15-5-6-16-13(8-15)7-14(20)9-22-16/h5-9,12,17H,3-4,11H2,1-2H3,(H,23,24). The zero-order chi connectivity index (χ0) is 18.7. The number of nitrogens with zero attached hydrogens (tertiary/aromatic N) is 2. The van der Waals surface area contributed by atoms with Crippen molar-refractivity contribution in [1.29, 1.82) is 5.26 Å². The summed E-state index contributed by atoms with van der Waals surface area (Å²) >= 11 is 3.41. The summed E-state index contributed by atoms with van der Waals surface area (Å²) in [6, 6.07) is 9.59. The number of carbonyl (C=O) groups is 1. The van der Waals surface area contributed by atoms with Crippen LogP contribution >= 0.6 is 15.9 Å². The smallest absolute Gasteiger partial charge is 0.262 e. The number of ether oxygens (including phenoxy) is 2. The number of rotatable bonds is 7. The minimum atomic E-state index is -1.08. The molecule has 0 radical (unpaired) electrons. The predicted molar refractivity (Wildman–Crippen MR) is 101 cm³/mol. The highest BCUT2D eigenvalue weighted by atomic mass is 79.9. The molecule has 0 spiro atoms. The van der Waals surface area contributed by atoms with Crippen LogP contribution in [0.25, 0.3) is 10.9 Å². The van der Waals surface area contributed by atoms with Gasteiger partial charge >= 0.3 is 0 Å². The number of aromatic nitrogens is 1. The minimum absolute atomic E-state index is 0.113. The highest BCUT2D eigenvalue weighted by Crippen LogP contribution is 2.36. The number of methoxy groups -OCH3 is 1. The lowest BCUT2D eigenvalue weighted by atomic mass is 10.0. The van der Waals surface area contributed by atoms with E-state index in [1.807, 2.05) is 24.3 Å². The molecule has 6 nitrogen and oxygen atoms in total. The molecule has 3 rings (SSSR count). The van der Waals surface area contributed by atoms with Crippen molar-refractivity contribution in [3.63, 3.8) is 0 Å². The molecule has 26 heavy (non-hydrogen) atoms. The van der Waals surface area contributed by atoms with E-state index in [0.29, 0.717) is 5.75 Å². The number of halogens is 1. The van der Waals surface area contributed by atoms with Gasteiger partial charge in [-0.1, -0.05) is 0 Å². The summed E-state index contributed by atoms with van der Waals surface area (Å²) in [6.45, 7) is 1.75. The summed E-state index contributed by atoms with van der Waals surface area (Å²) < 4.78 is 11.9. The fraction of sp³-hybridized carbons (Fsp3) is 0.421. The first-order valence-electron chi connectivity index (χ1n) is 8.38. The lowest BCUT2D eigenvalue weighted by Crippen LogP contribution is -2.53. The number of nitrogens with one attached hydrogen (secondary N) is 1. The molecular weight excluding hydrogens is 398 g/mol. The van der Waals surface area contributed by atoms with Crippen LogP contribution in [0.4, 0.5) is 0 Å². The molecule has 1 aromatic carbocycles. The fourth-order valence-electron chi connectivity index (χ4n) is 2.79. The Bertz CT molecular complexity index is 863. The quantitative estimate of drug-likeness (QED) is 0.747. The van der Waals surface area contributed by atoms with Crippen LogP contribution in [0.3, 0.4) is 0 Å². The van der Waals surface area contributed by atoms with Crippen LogP contribution in [0.15, 0.2) is 34.9 Å². The molecule has 1 saturated carbocycles. The maximum atomic E-state index is 12.7. The van der Waals surface area contributed by atoms with Gasteiger partial charge in [0.15, 0.2) is 6.10 Å². The average Bonchev–Trinajstić information content (AvgIpc) is 3.44. The number of fused-ring (bicyclic) bond motifs is 1. The molecular formula is C19H20BrN3O3. The van der Waals surface area contributed by atoms with E-state index >= 15 is 0 Å². The van der Waals surface area contributed by atoms with Gasteiger partial charge < -0.3 is 14.8 Å². The van der Waals surface area contributed by atoms with Gasteiger partial charge in [-0.25, -0.2) is 0 Å². The van der Waals surface area contributed by atoms with Gasteiger partial charge in [-0.05, 0) is 60.0 Å². The van der Waals surface area contributed by atoms with E-state index in [2.05, 4.69) is 32.3 Å². The molecule has 2 unspecified atom stereocenters. The van der Waals surface area contributed by atoms with Crippen molar-refractivity contribution < 1.29 is 14.3 Å². The monoisotopic (exact) mass is 417 g/mol. The molecule has 1 aliphatic carbocycles. The first-order valence-corrected chi connectivity index (χ1v) is 9.17. The molecule has 1 aromatic heterocycles. The van der Waals surface area contributed by atoms with Crippen LogP contribution < -0.4 is 10.1 Å². The number of amides is 1. The third-order valence-electron chi connectivity index (χ3n) is 4.27. The van der Waals surface area contributed by atoms with Gasteiger partial charge in [-0.2, -0.15) is 5.26 Å². The molecule has 0 saturated heterocycles. The van der Waals surface area contributed by atoms with Crippen molar-refractivity contribution in [2.75, 3.05) is 13.7 Å². The Morgan fingerprint density at radius 2 is 2.27 bits per heavy atom. The Hall–Kier alpha value is -2.17. The molecule has 0 bridgehead atoms. The molecule has 2 aromatic rings. The molecule has 1 N–H and O–H groups in total.